The minimum atomic E-state index is -0.186. The van der Waals surface area contributed by atoms with Crippen molar-refractivity contribution in [2.24, 2.45) is 5.92 Å². The molecule has 82 valence electrons. The van der Waals surface area contributed by atoms with Crippen molar-refractivity contribution in [3.05, 3.63) is 29.6 Å². The van der Waals surface area contributed by atoms with Crippen LogP contribution in [0.25, 0.3) is 0 Å². The molecule has 1 fully saturated rings. The third kappa shape index (κ3) is 2.48. The maximum Gasteiger partial charge on any atom is 0.129 e. The van der Waals surface area contributed by atoms with E-state index in [0.29, 0.717) is 12.2 Å². The molecule has 0 aliphatic carbocycles. The average Bonchev–Trinajstić information content (AvgIpc) is 2.56. The van der Waals surface area contributed by atoms with Gasteiger partial charge in [-0.2, -0.15) is 0 Å². The monoisotopic (exact) mass is 208 g/mol. The normalized spacial score (nSPS) is 22.1. The van der Waals surface area contributed by atoms with E-state index >= 15 is 0 Å². The van der Waals surface area contributed by atoms with Gasteiger partial charge in [0.1, 0.15) is 5.82 Å². The molecular formula is C12H17FN2. The first kappa shape index (κ1) is 10.4. The molecule has 0 radical (unpaired) electrons. The molecular weight excluding hydrogens is 191 g/mol. The Morgan fingerprint density at radius 1 is 1.53 bits per heavy atom. The van der Waals surface area contributed by atoms with Gasteiger partial charge in [-0.25, -0.2) is 4.39 Å². The lowest BCUT2D eigenvalue weighted by atomic mass is 10.1. The van der Waals surface area contributed by atoms with Crippen LogP contribution in [0.2, 0.25) is 0 Å². The highest BCUT2D eigenvalue weighted by Crippen LogP contribution is 2.20. The Labute approximate surface area is 89.9 Å². The van der Waals surface area contributed by atoms with Crippen LogP contribution < -0.4 is 5.73 Å². The molecule has 2 N–H and O–H groups in total. The maximum atomic E-state index is 13.5. The lowest BCUT2D eigenvalue weighted by Crippen LogP contribution is -2.20. The third-order valence-corrected chi connectivity index (χ3v) is 2.98. The molecule has 1 aromatic carbocycles. The minimum absolute atomic E-state index is 0.186. The second-order valence-electron chi connectivity index (χ2n) is 4.48. The van der Waals surface area contributed by atoms with Crippen LogP contribution in [0.1, 0.15) is 18.9 Å². The summed E-state index contributed by atoms with van der Waals surface area (Å²) in [6.07, 6.45) is 1.22. The summed E-state index contributed by atoms with van der Waals surface area (Å²) < 4.78 is 13.5. The summed E-state index contributed by atoms with van der Waals surface area (Å²) in [5, 5.41) is 0. The van der Waals surface area contributed by atoms with Crippen molar-refractivity contribution in [3.63, 3.8) is 0 Å². The molecule has 0 saturated carbocycles. The molecule has 0 bridgehead atoms. The molecule has 15 heavy (non-hydrogen) atoms. The quantitative estimate of drug-likeness (QED) is 0.755. The Morgan fingerprint density at radius 3 is 2.93 bits per heavy atom. The zero-order valence-electron chi connectivity index (χ0n) is 9.04. The number of hydrogen-bond donors (Lipinski definition) is 1. The van der Waals surface area contributed by atoms with E-state index in [1.54, 1.807) is 12.1 Å². The summed E-state index contributed by atoms with van der Waals surface area (Å²) in [4.78, 5) is 2.29. The van der Waals surface area contributed by atoms with Gasteiger partial charge in [-0.05, 0) is 31.0 Å². The standard InChI is InChI=1S/C12H17FN2/c1-9-4-5-15(7-9)8-10-2-3-11(14)6-12(10)13/h2-3,6,9H,4-5,7-8,14H2,1H3. The second-order valence-corrected chi connectivity index (χ2v) is 4.48. The van der Waals surface area contributed by atoms with Crippen molar-refractivity contribution in [1.29, 1.82) is 0 Å². The molecule has 0 spiro atoms. The van der Waals surface area contributed by atoms with Gasteiger partial charge >= 0.3 is 0 Å². The Kier molecular flexibility index (Phi) is 2.91. The van der Waals surface area contributed by atoms with E-state index in [1.807, 2.05) is 0 Å². The van der Waals surface area contributed by atoms with E-state index in [9.17, 15) is 4.39 Å². The van der Waals surface area contributed by atoms with Gasteiger partial charge in [-0.15, -0.1) is 0 Å². The molecule has 0 aromatic heterocycles. The van der Waals surface area contributed by atoms with Gasteiger partial charge in [0.2, 0.25) is 0 Å². The summed E-state index contributed by atoms with van der Waals surface area (Å²) in [5.41, 5.74) is 6.74. The largest absolute Gasteiger partial charge is 0.399 e. The van der Waals surface area contributed by atoms with Crippen LogP contribution in [0.3, 0.4) is 0 Å². The number of likely N-dealkylation sites (tertiary alicyclic amines) is 1. The SMILES string of the molecule is CC1CCN(Cc2ccc(N)cc2F)C1. The van der Waals surface area contributed by atoms with E-state index in [2.05, 4.69) is 11.8 Å². The summed E-state index contributed by atoms with van der Waals surface area (Å²) >= 11 is 0. The molecule has 1 saturated heterocycles. The molecule has 1 aliphatic heterocycles. The fraction of sp³-hybridized carbons (Fsp3) is 0.500. The minimum Gasteiger partial charge on any atom is -0.399 e. The molecule has 0 amide bonds. The van der Waals surface area contributed by atoms with Crippen LogP contribution in [0.4, 0.5) is 10.1 Å². The van der Waals surface area contributed by atoms with Gasteiger partial charge in [-0.1, -0.05) is 13.0 Å². The Balaban J connectivity index is 2.04. The Bertz CT molecular complexity index is 351. The van der Waals surface area contributed by atoms with Crippen molar-refractivity contribution in [2.75, 3.05) is 18.8 Å². The highest BCUT2D eigenvalue weighted by Gasteiger charge is 2.19. The number of rotatable bonds is 2. The van der Waals surface area contributed by atoms with E-state index in [4.69, 9.17) is 5.73 Å². The predicted octanol–water partition coefficient (Wildman–Crippen LogP) is 2.25. The Hall–Kier alpha value is -1.09. The number of benzene rings is 1. The van der Waals surface area contributed by atoms with Gasteiger partial charge < -0.3 is 5.73 Å². The molecule has 1 unspecified atom stereocenters. The summed E-state index contributed by atoms with van der Waals surface area (Å²) in [5.74, 6) is 0.552. The summed E-state index contributed by atoms with van der Waals surface area (Å²) in [6, 6.07) is 4.94. The highest BCUT2D eigenvalue weighted by atomic mass is 19.1. The first-order chi connectivity index (χ1) is 7.15. The van der Waals surface area contributed by atoms with Gasteiger partial charge in [0, 0.05) is 24.3 Å². The number of nitrogen functional groups attached to an aromatic ring is 1. The van der Waals surface area contributed by atoms with Crippen molar-refractivity contribution < 1.29 is 4.39 Å². The summed E-state index contributed by atoms with van der Waals surface area (Å²) in [6.45, 7) is 5.09. The molecule has 1 heterocycles. The van der Waals surface area contributed by atoms with Crippen LogP contribution in [0, 0.1) is 11.7 Å². The van der Waals surface area contributed by atoms with E-state index in [-0.39, 0.29) is 5.82 Å². The van der Waals surface area contributed by atoms with Gasteiger partial charge in [0.25, 0.3) is 0 Å². The molecule has 2 nitrogen and oxygen atoms in total. The highest BCUT2D eigenvalue weighted by molar-refractivity contribution is 5.40. The van der Waals surface area contributed by atoms with Gasteiger partial charge in [-0.3, -0.25) is 4.90 Å². The number of anilines is 1. The fourth-order valence-corrected chi connectivity index (χ4v) is 2.10. The number of hydrogen-bond acceptors (Lipinski definition) is 2. The van der Waals surface area contributed by atoms with Crippen molar-refractivity contribution in [1.82, 2.24) is 4.90 Å². The smallest absolute Gasteiger partial charge is 0.129 e. The number of halogens is 1. The van der Waals surface area contributed by atoms with E-state index in [1.165, 1.54) is 12.5 Å². The molecule has 2 rings (SSSR count). The zero-order chi connectivity index (χ0) is 10.8. The second kappa shape index (κ2) is 4.19. The lowest BCUT2D eigenvalue weighted by molar-refractivity contribution is 0.315. The molecule has 1 aromatic rings. The van der Waals surface area contributed by atoms with Crippen LogP contribution in [-0.2, 0) is 6.54 Å². The van der Waals surface area contributed by atoms with Crippen LogP contribution >= 0.6 is 0 Å². The summed E-state index contributed by atoms with van der Waals surface area (Å²) in [7, 11) is 0. The Morgan fingerprint density at radius 2 is 2.33 bits per heavy atom. The van der Waals surface area contributed by atoms with Crippen LogP contribution in [-0.4, -0.2) is 18.0 Å². The van der Waals surface area contributed by atoms with Gasteiger partial charge in [0.05, 0.1) is 0 Å². The van der Waals surface area contributed by atoms with E-state index < -0.39 is 0 Å². The first-order valence-electron chi connectivity index (χ1n) is 5.41. The number of nitrogens with zero attached hydrogens (tertiary/aromatic N) is 1. The topological polar surface area (TPSA) is 29.3 Å². The van der Waals surface area contributed by atoms with Crippen LogP contribution in [0.5, 0.6) is 0 Å². The van der Waals surface area contributed by atoms with Crippen LogP contribution in [0.15, 0.2) is 18.2 Å². The molecule has 1 aliphatic rings. The molecule has 1 atom stereocenters. The van der Waals surface area contributed by atoms with Crippen molar-refractivity contribution in [2.45, 2.75) is 19.9 Å². The zero-order valence-corrected chi connectivity index (χ0v) is 9.04. The average molecular weight is 208 g/mol. The van der Waals surface area contributed by atoms with Crippen molar-refractivity contribution >= 4 is 5.69 Å². The number of nitrogens with two attached hydrogens (primary N) is 1. The fourth-order valence-electron chi connectivity index (χ4n) is 2.10. The molecule has 3 heteroatoms. The lowest BCUT2D eigenvalue weighted by Gasteiger charge is -2.15. The third-order valence-electron chi connectivity index (χ3n) is 2.98. The van der Waals surface area contributed by atoms with Gasteiger partial charge in [0.15, 0.2) is 0 Å². The van der Waals surface area contributed by atoms with Crippen molar-refractivity contribution in [3.8, 4) is 0 Å². The van der Waals surface area contributed by atoms with E-state index in [0.717, 1.165) is 24.6 Å². The predicted molar refractivity (Wildman–Crippen MR) is 59.9 cm³/mol. The first-order valence-corrected chi connectivity index (χ1v) is 5.41. The maximum absolute atomic E-state index is 13.5.